The van der Waals surface area contributed by atoms with Gasteiger partial charge in [0, 0.05) is 25.7 Å². The van der Waals surface area contributed by atoms with Crippen molar-refractivity contribution in [1.82, 2.24) is 9.62 Å². The fourth-order valence-corrected chi connectivity index (χ4v) is 4.35. The first kappa shape index (κ1) is 20.5. The molecule has 1 aliphatic rings. The summed E-state index contributed by atoms with van der Waals surface area (Å²) in [6.45, 7) is 4.35. The Morgan fingerprint density at radius 1 is 1.23 bits per heavy atom. The first-order valence-corrected chi connectivity index (χ1v) is 10.0. The van der Waals surface area contributed by atoms with Crippen LogP contribution in [0.3, 0.4) is 0 Å². The van der Waals surface area contributed by atoms with E-state index < -0.39 is 15.9 Å². The first-order chi connectivity index (χ1) is 12.3. The van der Waals surface area contributed by atoms with Gasteiger partial charge < -0.3 is 19.5 Å². The zero-order chi connectivity index (χ0) is 19.3. The lowest BCUT2D eigenvalue weighted by Crippen LogP contribution is -2.49. The first-order valence-electron chi connectivity index (χ1n) is 8.40. The molecule has 1 N–H and O–H groups in total. The maximum Gasteiger partial charge on any atom is 0.255 e. The van der Waals surface area contributed by atoms with E-state index in [-0.39, 0.29) is 24.5 Å². The van der Waals surface area contributed by atoms with Crippen molar-refractivity contribution in [3.63, 3.8) is 0 Å². The van der Waals surface area contributed by atoms with Crippen LogP contribution in [0.15, 0.2) is 18.2 Å². The fourth-order valence-electron chi connectivity index (χ4n) is 2.86. The minimum absolute atomic E-state index is 0.0104. The van der Waals surface area contributed by atoms with Crippen LogP contribution in [0.1, 0.15) is 24.2 Å². The summed E-state index contributed by atoms with van der Waals surface area (Å²) in [6.07, 6.45) is -0.293. The lowest BCUT2D eigenvalue weighted by molar-refractivity contribution is -0.0440. The summed E-state index contributed by atoms with van der Waals surface area (Å²) in [5.41, 5.74) is 0.319. The molecular weight excluding hydrogens is 360 g/mol. The number of carbonyl (C=O) groups is 1. The highest BCUT2D eigenvalue weighted by atomic mass is 32.2. The second-order valence-corrected chi connectivity index (χ2v) is 8.30. The minimum atomic E-state index is -3.47. The van der Waals surface area contributed by atoms with Crippen LogP contribution in [0.5, 0.6) is 11.5 Å². The Morgan fingerprint density at radius 2 is 1.88 bits per heavy atom. The quantitative estimate of drug-likeness (QED) is 0.747. The van der Waals surface area contributed by atoms with Gasteiger partial charge in [-0.05, 0) is 26.0 Å². The molecule has 0 saturated carbocycles. The van der Waals surface area contributed by atoms with Gasteiger partial charge in [-0.3, -0.25) is 4.79 Å². The van der Waals surface area contributed by atoms with Crippen LogP contribution in [0.25, 0.3) is 0 Å². The number of hydrogen-bond acceptors (Lipinski definition) is 6. The van der Waals surface area contributed by atoms with Crippen molar-refractivity contribution in [2.45, 2.75) is 26.1 Å². The van der Waals surface area contributed by atoms with E-state index >= 15 is 0 Å². The van der Waals surface area contributed by atoms with Gasteiger partial charge in [0.2, 0.25) is 10.0 Å². The fraction of sp³-hybridized carbons (Fsp3) is 0.588. The van der Waals surface area contributed by atoms with Gasteiger partial charge in [-0.1, -0.05) is 0 Å². The largest absolute Gasteiger partial charge is 0.497 e. The molecule has 0 radical (unpaired) electrons. The average molecular weight is 386 g/mol. The number of morpholine rings is 1. The molecule has 1 amide bonds. The standard InChI is InChI=1S/C17H26N2O6S/c1-12-10-19(11-13(2)25-12)26(21,22)8-7-18-17(20)15-6-5-14(23-3)9-16(15)24-4/h5-6,9,12-13H,7-8,10-11H2,1-4H3,(H,18,20)/t12-,13-/m1/s1. The van der Waals surface area contributed by atoms with Gasteiger partial charge in [-0.25, -0.2) is 8.42 Å². The van der Waals surface area contributed by atoms with Crippen molar-refractivity contribution in [1.29, 1.82) is 0 Å². The maximum atomic E-state index is 12.5. The molecule has 2 atom stereocenters. The summed E-state index contributed by atoms with van der Waals surface area (Å²) in [5, 5.41) is 2.63. The maximum absolute atomic E-state index is 12.5. The van der Waals surface area contributed by atoms with Crippen molar-refractivity contribution < 1.29 is 27.4 Å². The van der Waals surface area contributed by atoms with Crippen molar-refractivity contribution >= 4 is 15.9 Å². The zero-order valence-electron chi connectivity index (χ0n) is 15.5. The number of nitrogens with zero attached hydrogens (tertiary/aromatic N) is 1. The molecule has 0 unspecified atom stereocenters. The van der Waals surface area contributed by atoms with Gasteiger partial charge in [0.1, 0.15) is 11.5 Å². The molecule has 0 aromatic heterocycles. The van der Waals surface area contributed by atoms with Crippen LogP contribution in [-0.4, -0.2) is 70.4 Å². The topological polar surface area (TPSA) is 94.2 Å². The molecule has 1 aromatic rings. The Labute approximate surface area is 154 Å². The summed E-state index contributed by atoms with van der Waals surface area (Å²) in [7, 11) is -0.490. The third-order valence-corrected chi connectivity index (χ3v) is 5.88. The van der Waals surface area contributed by atoms with Crippen LogP contribution in [0, 0.1) is 0 Å². The van der Waals surface area contributed by atoms with Gasteiger partial charge in [-0.15, -0.1) is 0 Å². The van der Waals surface area contributed by atoms with Crippen molar-refractivity contribution in [3.8, 4) is 11.5 Å². The van der Waals surface area contributed by atoms with Crippen molar-refractivity contribution in [3.05, 3.63) is 23.8 Å². The van der Waals surface area contributed by atoms with Gasteiger partial charge in [-0.2, -0.15) is 4.31 Å². The highest BCUT2D eigenvalue weighted by molar-refractivity contribution is 7.89. The monoisotopic (exact) mass is 386 g/mol. The number of carbonyl (C=O) groups excluding carboxylic acids is 1. The number of benzene rings is 1. The second kappa shape index (κ2) is 8.70. The summed E-state index contributed by atoms with van der Waals surface area (Å²) in [5.74, 6) is 0.358. The lowest BCUT2D eigenvalue weighted by Gasteiger charge is -2.34. The molecular formula is C17H26N2O6S. The predicted molar refractivity (Wildman–Crippen MR) is 97.2 cm³/mol. The molecule has 8 nitrogen and oxygen atoms in total. The number of hydrogen-bond donors (Lipinski definition) is 1. The van der Waals surface area contributed by atoms with Crippen LogP contribution in [0.4, 0.5) is 0 Å². The number of nitrogens with one attached hydrogen (secondary N) is 1. The number of rotatable bonds is 7. The van der Waals surface area contributed by atoms with E-state index in [1.54, 1.807) is 18.2 Å². The van der Waals surface area contributed by atoms with E-state index in [1.807, 2.05) is 13.8 Å². The van der Waals surface area contributed by atoms with E-state index in [4.69, 9.17) is 14.2 Å². The van der Waals surface area contributed by atoms with Gasteiger partial charge in [0.25, 0.3) is 5.91 Å². The average Bonchev–Trinajstić information content (AvgIpc) is 2.60. The van der Waals surface area contributed by atoms with Crippen molar-refractivity contribution in [2.24, 2.45) is 0 Å². The third-order valence-electron chi connectivity index (χ3n) is 4.08. The van der Waals surface area contributed by atoms with Gasteiger partial charge >= 0.3 is 0 Å². The molecule has 146 valence electrons. The number of methoxy groups -OCH3 is 2. The van der Waals surface area contributed by atoms with E-state index in [0.717, 1.165) is 0 Å². The summed E-state index contributed by atoms with van der Waals surface area (Å²) < 4.78 is 42.2. The van der Waals surface area contributed by atoms with E-state index in [2.05, 4.69) is 5.32 Å². The SMILES string of the molecule is COc1ccc(C(=O)NCCS(=O)(=O)N2C[C@@H](C)O[C@H](C)C2)c(OC)c1. The number of sulfonamides is 1. The van der Waals surface area contributed by atoms with Gasteiger partial charge in [0.15, 0.2) is 0 Å². The summed E-state index contributed by atoms with van der Waals surface area (Å²) in [6, 6.07) is 4.82. The zero-order valence-corrected chi connectivity index (χ0v) is 16.3. The summed E-state index contributed by atoms with van der Waals surface area (Å²) in [4.78, 5) is 12.3. The Morgan fingerprint density at radius 3 is 2.46 bits per heavy atom. The Hall–Kier alpha value is -1.84. The molecule has 2 rings (SSSR count). The van der Waals surface area contributed by atoms with Crippen LogP contribution in [-0.2, 0) is 14.8 Å². The molecule has 0 spiro atoms. The summed E-state index contributed by atoms with van der Waals surface area (Å²) >= 11 is 0. The van der Waals surface area contributed by atoms with E-state index in [1.165, 1.54) is 18.5 Å². The number of ether oxygens (including phenoxy) is 3. The molecule has 1 saturated heterocycles. The highest BCUT2D eigenvalue weighted by Crippen LogP contribution is 2.24. The molecule has 0 aliphatic carbocycles. The molecule has 1 fully saturated rings. The molecule has 1 aromatic carbocycles. The molecule has 26 heavy (non-hydrogen) atoms. The molecule has 1 aliphatic heterocycles. The smallest absolute Gasteiger partial charge is 0.255 e. The number of amides is 1. The Kier molecular flexibility index (Phi) is 6.85. The molecule has 0 bridgehead atoms. The van der Waals surface area contributed by atoms with Crippen molar-refractivity contribution in [2.75, 3.05) is 39.6 Å². The van der Waals surface area contributed by atoms with Crippen LogP contribution in [0.2, 0.25) is 0 Å². The normalized spacial score (nSPS) is 21.2. The Bertz CT molecular complexity index is 727. The molecule has 1 heterocycles. The van der Waals surface area contributed by atoms with E-state index in [0.29, 0.717) is 30.2 Å². The van der Waals surface area contributed by atoms with Gasteiger partial charge in [0.05, 0.1) is 37.7 Å². The lowest BCUT2D eigenvalue weighted by atomic mass is 10.2. The second-order valence-electron chi connectivity index (χ2n) is 6.21. The Balaban J connectivity index is 1.95. The highest BCUT2D eigenvalue weighted by Gasteiger charge is 2.30. The molecule has 9 heteroatoms. The predicted octanol–water partition coefficient (Wildman–Crippen LogP) is 0.873. The van der Waals surface area contributed by atoms with E-state index in [9.17, 15) is 13.2 Å². The minimum Gasteiger partial charge on any atom is -0.497 e. The third kappa shape index (κ3) is 5.09. The van der Waals surface area contributed by atoms with Crippen LogP contribution < -0.4 is 14.8 Å². The van der Waals surface area contributed by atoms with Crippen LogP contribution >= 0.6 is 0 Å².